The average Bonchev–Trinajstić information content (AvgIpc) is 2.87. The molecule has 0 aliphatic heterocycles. The fourth-order valence-electron chi connectivity index (χ4n) is 1.91. The van der Waals surface area contributed by atoms with E-state index in [4.69, 9.17) is 0 Å². The molecule has 0 amide bonds. The van der Waals surface area contributed by atoms with Gasteiger partial charge in [-0.05, 0) is 29.8 Å². The molecule has 0 saturated carbocycles. The van der Waals surface area contributed by atoms with Crippen molar-refractivity contribution in [2.24, 2.45) is 0 Å². The highest BCUT2D eigenvalue weighted by Crippen LogP contribution is 2.27. The average molecular weight is 298 g/mol. The van der Waals surface area contributed by atoms with Gasteiger partial charge in [-0.25, -0.2) is 4.98 Å². The number of fused-ring (bicyclic) bond motifs is 1. The SMILES string of the molecule is O=[N+]([O-])c1ccc2nc(C=Cc3cccc(O)c3)sc2c1. The first-order valence-corrected chi connectivity index (χ1v) is 6.95. The molecule has 0 atom stereocenters. The number of thiazole rings is 1. The number of nitrogens with zero attached hydrogens (tertiary/aromatic N) is 2. The molecule has 3 rings (SSSR count). The van der Waals surface area contributed by atoms with Crippen LogP contribution in [0, 0.1) is 10.1 Å². The van der Waals surface area contributed by atoms with Crippen LogP contribution in [0.3, 0.4) is 0 Å². The Morgan fingerprint density at radius 1 is 1.19 bits per heavy atom. The molecule has 5 nitrogen and oxygen atoms in total. The van der Waals surface area contributed by atoms with Gasteiger partial charge in [-0.3, -0.25) is 10.1 Å². The van der Waals surface area contributed by atoms with E-state index in [0.29, 0.717) is 0 Å². The molecular weight excluding hydrogens is 288 g/mol. The number of phenolic OH excluding ortho intramolecular Hbond substituents is 1. The first-order valence-electron chi connectivity index (χ1n) is 6.14. The molecular formula is C15H10N2O3S. The molecule has 0 unspecified atom stereocenters. The molecule has 21 heavy (non-hydrogen) atoms. The van der Waals surface area contributed by atoms with Crippen LogP contribution in [0.4, 0.5) is 5.69 Å². The monoisotopic (exact) mass is 298 g/mol. The van der Waals surface area contributed by atoms with Gasteiger partial charge in [0.25, 0.3) is 5.69 Å². The van der Waals surface area contributed by atoms with Gasteiger partial charge in [0.2, 0.25) is 0 Å². The topological polar surface area (TPSA) is 76.3 Å². The molecule has 0 saturated heterocycles. The minimum absolute atomic E-state index is 0.0645. The molecule has 0 aliphatic rings. The number of nitro groups is 1. The molecule has 0 spiro atoms. The lowest BCUT2D eigenvalue weighted by Crippen LogP contribution is -1.85. The number of aromatic nitrogens is 1. The maximum Gasteiger partial charge on any atom is 0.270 e. The molecule has 0 aliphatic carbocycles. The molecule has 1 aromatic heterocycles. The van der Waals surface area contributed by atoms with Crippen LogP contribution in [0.1, 0.15) is 10.6 Å². The van der Waals surface area contributed by atoms with E-state index in [9.17, 15) is 15.2 Å². The Hall–Kier alpha value is -2.73. The van der Waals surface area contributed by atoms with Crippen LogP contribution in [0.25, 0.3) is 22.4 Å². The van der Waals surface area contributed by atoms with Gasteiger partial charge in [-0.2, -0.15) is 0 Å². The van der Waals surface area contributed by atoms with Crippen molar-refractivity contribution in [1.82, 2.24) is 4.98 Å². The molecule has 6 heteroatoms. The summed E-state index contributed by atoms with van der Waals surface area (Å²) < 4.78 is 0.778. The van der Waals surface area contributed by atoms with Crippen LogP contribution in [0.2, 0.25) is 0 Å². The van der Waals surface area contributed by atoms with Crippen LogP contribution in [-0.2, 0) is 0 Å². The number of nitro benzene ring substituents is 1. The van der Waals surface area contributed by atoms with E-state index in [0.717, 1.165) is 20.8 Å². The first-order chi connectivity index (χ1) is 10.1. The van der Waals surface area contributed by atoms with Crippen molar-refractivity contribution >= 4 is 39.4 Å². The summed E-state index contributed by atoms with van der Waals surface area (Å²) in [6.07, 6.45) is 3.66. The van der Waals surface area contributed by atoms with E-state index in [1.807, 2.05) is 18.2 Å². The van der Waals surface area contributed by atoms with E-state index in [1.54, 1.807) is 24.3 Å². The van der Waals surface area contributed by atoms with Crippen molar-refractivity contribution in [2.45, 2.75) is 0 Å². The summed E-state index contributed by atoms with van der Waals surface area (Å²) >= 11 is 1.39. The number of aromatic hydroxyl groups is 1. The minimum atomic E-state index is -0.415. The molecule has 1 heterocycles. The van der Waals surface area contributed by atoms with Crippen molar-refractivity contribution in [3.05, 3.63) is 63.1 Å². The van der Waals surface area contributed by atoms with Crippen molar-refractivity contribution in [2.75, 3.05) is 0 Å². The van der Waals surface area contributed by atoms with Gasteiger partial charge in [0.15, 0.2) is 0 Å². The van der Waals surface area contributed by atoms with Gasteiger partial charge >= 0.3 is 0 Å². The van der Waals surface area contributed by atoms with Gasteiger partial charge in [-0.15, -0.1) is 11.3 Å². The maximum atomic E-state index is 10.7. The van der Waals surface area contributed by atoms with E-state index < -0.39 is 4.92 Å². The Balaban J connectivity index is 1.92. The molecule has 0 radical (unpaired) electrons. The first kappa shape index (κ1) is 13.3. The number of non-ortho nitro benzene ring substituents is 1. The van der Waals surface area contributed by atoms with Crippen LogP contribution in [-0.4, -0.2) is 15.0 Å². The molecule has 3 aromatic rings. The molecule has 0 fully saturated rings. The normalized spacial score (nSPS) is 11.2. The van der Waals surface area contributed by atoms with Gasteiger partial charge in [0.05, 0.1) is 15.1 Å². The predicted molar refractivity (Wildman–Crippen MR) is 83.3 cm³/mol. The van der Waals surface area contributed by atoms with Crippen LogP contribution in [0.15, 0.2) is 42.5 Å². The largest absolute Gasteiger partial charge is 0.508 e. The highest BCUT2D eigenvalue weighted by molar-refractivity contribution is 7.19. The van der Waals surface area contributed by atoms with Crippen molar-refractivity contribution in [3.8, 4) is 5.75 Å². The molecule has 2 aromatic carbocycles. The number of benzene rings is 2. The van der Waals surface area contributed by atoms with E-state index in [2.05, 4.69) is 4.98 Å². The molecule has 0 bridgehead atoms. The Morgan fingerprint density at radius 3 is 2.81 bits per heavy atom. The van der Waals surface area contributed by atoms with E-state index >= 15 is 0 Å². The van der Waals surface area contributed by atoms with Crippen LogP contribution >= 0.6 is 11.3 Å². The third-order valence-electron chi connectivity index (χ3n) is 2.89. The van der Waals surface area contributed by atoms with E-state index in [-0.39, 0.29) is 11.4 Å². The standard InChI is InChI=1S/C15H10N2O3S/c18-12-3-1-2-10(8-12)4-7-15-16-13-6-5-11(17(19)20)9-14(13)21-15/h1-9,18H. The Morgan fingerprint density at radius 2 is 2.05 bits per heavy atom. The third kappa shape index (κ3) is 2.90. The number of hydrogen-bond donors (Lipinski definition) is 1. The van der Waals surface area contributed by atoms with Crippen molar-refractivity contribution < 1.29 is 10.0 Å². The minimum Gasteiger partial charge on any atom is -0.508 e. The lowest BCUT2D eigenvalue weighted by Gasteiger charge is -1.93. The number of rotatable bonds is 3. The zero-order valence-corrected chi connectivity index (χ0v) is 11.6. The quantitative estimate of drug-likeness (QED) is 0.584. The summed E-state index contributed by atoms with van der Waals surface area (Å²) in [7, 11) is 0. The summed E-state index contributed by atoms with van der Waals surface area (Å²) in [6.45, 7) is 0. The Kier molecular flexibility index (Phi) is 3.37. The summed E-state index contributed by atoms with van der Waals surface area (Å²) in [6, 6.07) is 11.5. The Bertz CT molecular complexity index is 855. The summed E-state index contributed by atoms with van der Waals surface area (Å²) in [4.78, 5) is 14.7. The summed E-state index contributed by atoms with van der Waals surface area (Å²) in [5, 5.41) is 20.9. The second-order valence-corrected chi connectivity index (χ2v) is 5.45. The highest BCUT2D eigenvalue weighted by Gasteiger charge is 2.09. The van der Waals surface area contributed by atoms with Gasteiger partial charge in [0, 0.05) is 12.1 Å². The number of phenols is 1. The number of hydrogen-bond acceptors (Lipinski definition) is 5. The zero-order valence-electron chi connectivity index (χ0n) is 10.8. The van der Waals surface area contributed by atoms with Crippen molar-refractivity contribution in [1.29, 1.82) is 0 Å². The third-order valence-corrected chi connectivity index (χ3v) is 3.87. The second-order valence-electron chi connectivity index (χ2n) is 4.39. The predicted octanol–water partition coefficient (Wildman–Crippen LogP) is 4.08. The maximum absolute atomic E-state index is 10.7. The van der Waals surface area contributed by atoms with Gasteiger partial charge in [0.1, 0.15) is 10.8 Å². The molecule has 104 valence electrons. The van der Waals surface area contributed by atoms with Gasteiger partial charge < -0.3 is 5.11 Å². The fraction of sp³-hybridized carbons (Fsp3) is 0. The molecule has 1 N–H and O–H groups in total. The summed E-state index contributed by atoms with van der Waals surface area (Å²) in [5.74, 6) is 0.206. The fourth-order valence-corrected chi connectivity index (χ4v) is 2.82. The zero-order chi connectivity index (χ0) is 14.8. The van der Waals surface area contributed by atoms with E-state index in [1.165, 1.54) is 23.5 Å². The lowest BCUT2D eigenvalue weighted by atomic mass is 10.2. The summed E-state index contributed by atoms with van der Waals surface area (Å²) in [5.41, 5.74) is 1.66. The Labute approximate surface area is 124 Å². The highest BCUT2D eigenvalue weighted by atomic mass is 32.1. The van der Waals surface area contributed by atoms with Crippen LogP contribution < -0.4 is 0 Å². The van der Waals surface area contributed by atoms with Crippen molar-refractivity contribution in [3.63, 3.8) is 0 Å². The lowest BCUT2D eigenvalue weighted by molar-refractivity contribution is -0.384. The second kappa shape index (κ2) is 5.34. The smallest absolute Gasteiger partial charge is 0.270 e. The van der Waals surface area contributed by atoms with Crippen LogP contribution in [0.5, 0.6) is 5.75 Å². The van der Waals surface area contributed by atoms with Gasteiger partial charge in [-0.1, -0.05) is 18.2 Å².